The third kappa shape index (κ3) is 6.84. The van der Waals surface area contributed by atoms with Crippen LogP contribution in [0.5, 0.6) is 0 Å². The van der Waals surface area contributed by atoms with Crippen LogP contribution in [0.2, 0.25) is 0 Å². The number of benzene rings is 2. The fourth-order valence-corrected chi connectivity index (χ4v) is 4.98. The fraction of sp³-hybridized carbons (Fsp3) is 0.414. The maximum Gasteiger partial charge on any atom is 0.417 e. The average molecular weight is 551 g/mol. The zero-order valence-corrected chi connectivity index (χ0v) is 22.4. The SMILES string of the molecule is C[C@@H](OCc1ccccc1)[C@H](NC(=O)[C@@H]1CCC(=O)N1C(=O)OCc1ccccc1)C(=O)N1CCC[C@H]1C(N)=O. The molecule has 5 amide bonds. The van der Waals surface area contributed by atoms with E-state index >= 15 is 0 Å². The van der Waals surface area contributed by atoms with Gasteiger partial charge in [-0.05, 0) is 37.3 Å². The van der Waals surface area contributed by atoms with E-state index in [9.17, 15) is 24.0 Å². The highest BCUT2D eigenvalue weighted by atomic mass is 16.6. The van der Waals surface area contributed by atoms with Crippen LogP contribution in [-0.4, -0.2) is 70.3 Å². The number of nitrogens with two attached hydrogens (primary N) is 1. The van der Waals surface area contributed by atoms with E-state index < -0.39 is 54.0 Å². The van der Waals surface area contributed by atoms with Crippen LogP contribution in [0.4, 0.5) is 4.79 Å². The number of hydrogen-bond acceptors (Lipinski definition) is 7. The van der Waals surface area contributed by atoms with Crippen LogP contribution < -0.4 is 11.1 Å². The van der Waals surface area contributed by atoms with Gasteiger partial charge in [0.05, 0.1) is 12.7 Å². The van der Waals surface area contributed by atoms with Crippen LogP contribution in [0.15, 0.2) is 60.7 Å². The van der Waals surface area contributed by atoms with Gasteiger partial charge < -0.3 is 25.4 Å². The van der Waals surface area contributed by atoms with Crippen molar-refractivity contribution in [3.8, 4) is 0 Å². The molecule has 2 aromatic carbocycles. The van der Waals surface area contributed by atoms with Crippen molar-refractivity contribution < 1.29 is 33.4 Å². The van der Waals surface area contributed by atoms with Crippen molar-refractivity contribution in [2.24, 2.45) is 5.73 Å². The molecule has 3 N–H and O–H groups in total. The molecule has 212 valence electrons. The van der Waals surface area contributed by atoms with Crippen molar-refractivity contribution >= 4 is 29.7 Å². The second kappa shape index (κ2) is 13.2. The van der Waals surface area contributed by atoms with E-state index in [0.717, 1.165) is 16.0 Å². The predicted molar refractivity (Wildman–Crippen MR) is 143 cm³/mol. The van der Waals surface area contributed by atoms with Crippen LogP contribution in [0.3, 0.4) is 0 Å². The molecule has 0 unspecified atom stereocenters. The molecule has 40 heavy (non-hydrogen) atoms. The molecule has 0 aliphatic carbocycles. The Morgan fingerprint density at radius 1 is 0.950 bits per heavy atom. The molecule has 2 fully saturated rings. The topological polar surface area (TPSA) is 148 Å². The van der Waals surface area contributed by atoms with Gasteiger partial charge in [0, 0.05) is 13.0 Å². The molecular formula is C29H34N4O7. The minimum atomic E-state index is -1.19. The van der Waals surface area contributed by atoms with Crippen molar-refractivity contribution in [2.45, 2.75) is 70.1 Å². The quantitative estimate of drug-likeness (QED) is 0.459. The molecule has 4 rings (SSSR count). The first kappa shape index (κ1) is 28.8. The summed E-state index contributed by atoms with van der Waals surface area (Å²) in [5.41, 5.74) is 7.13. The number of primary amides is 1. The number of rotatable bonds is 10. The Kier molecular flexibility index (Phi) is 9.49. The smallest absolute Gasteiger partial charge is 0.417 e. The molecule has 0 spiro atoms. The van der Waals surface area contributed by atoms with Gasteiger partial charge in [0.2, 0.25) is 23.6 Å². The van der Waals surface area contributed by atoms with Gasteiger partial charge in [0.1, 0.15) is 24.7 Å². The second-order valence-corrected chi connectivity index (χ2v) is 9.94. The normalized spacial score (nSPS) is 20.2. The summed E-state index contributed by atoms with van der Waals surface area (Å²) < 4.78 is 11.3. The Morgan fingerprint density at radius 2 is 1.57 bits per heavy atom. The molecule has 2 aliphatic heterocycles. The molecule has 0 bridgehead atoms. The number of amides is 5. The lowest BCUT2D eigenvalue weighted by molar-refractivity contribution is -0.145. The lowest BCUT2D eigenvalue weighted by atomic mass is 10.1. The summed E-state index contributed by atoms with van der Waals surface area (Å²) in [6, 6.07) is 15.2. The van der Waals surface area contributed by atoms with Gasteiger partial charge in [-0.15, -0.1) is 0 Å². The summed E-state index contributed by atoms with van der Waals surface area (Å²) in [6.45, 7) is 2.07. The van der Waals surface area contributed by atoms with Gasteiger partial charge in [-0.3, -0.25) is 19.2 Å². The molecule has 11 heteroatoms. The van der Waals surface area contributed by atoms with E-state index in [1.807, 2.05) is 36.4 Å². The van der Waals surface area contributed by atoms with Crippen molar-refractivity contribution in [1.82, 2.24) is 15.1 Å². The lowest BCUT2D eigenvalue weighted by Crippen LogP contribution is -2.59. The van der Waals surface area contributed by atoms with E-state index in [4.69, 9.17) is 15.2 Å². The molecule has 0 saturated carbocycles. The lowest BCUT2D eigenvalue weighted by Gasteiger charge is -2.32. The van der Waals surface area contributed by atoms with Gasteiger partial charge in [-0.1, -0.05) is 60.7 Å². The van der Waals surface area contributed by atoms with Crippen LogP contribution in [0, 0.1) is 0 Å². The average Bonchev–Trinajstić information content (AvgIpc) is 3.61. The molecule has 4 atom stereocenters. The maximum atomic E-state index is 13.7. The van der Waals surface area contributed by atoms with Crippen molar-refractivity contribution in [3.05, 3.63) is 71.8 Å². The molecule has 2 saturated heterocycles. The first-order valence-electron chi connectivity index (χ1n) is 13.3. The summed E-state index contributed by atoms with van der Waals surface area (Å²) in [5.74, 6) is -2.37. The molecule has 0 aromatic heterocycles. The Bertz CT molecular complexity index is 1220. The molecule has 0 radical (unpaired) electrons. The molecule has 2 heterocycles. The molecule has 11 nitrogen and oxygen atoms in total. The predicted octanol–water partition coefficient (Wildman–Crippen LogP) is 1.88. The first-order chi connectivity index (χ1) is 19.3. The monoisotopic (exact) mass is 550 g/mol. The summed E-state index contributed by atoms with van der Waals surface area (Å²) in [6.07, 6.45) is -0.653. The van der Waals surface area contributed by atoms with E-state index in [-0.39, 0.29) is 26.1 Å². The number of ether oxygens (including phenoxy) is 2. The number of nitrogens with zero attached hydrogens (tertiary/aromatic N) is 2. The zero-order valence-electron chi connectivity index (χ0n) is 22.4. The van der Waals surface area contributed by atoms with E-state index in [0.29, 0.717) is 19.4 Å². The summed E-state index contributed by atoms with van der Waals surface area (Å²) in [5, 5.41) is 2.70. The molecule has 2 aromatic rings. The summed E-state index contributed by atoms with van der Waals surface area (Å²) >= 11 is 0. The van der Waals surface area contributed by atoms with Crippen molar-refractivity contribution in [1.29, 1.82) is 0 Å². The Morgan fingerprint density at radius 3 is 2.20 bits per heavy atom. The first-order valence-corrected chi connectivity index (χ1v) is 13.3. The Balaban J connectivity index is 1.48. The number of hydrogen-bond donors (Lipinski definition) is 2. The van der Waals surface area contributed by atoms with Crippen LogP contribution >= 0.6 is 0 Å². The van der Waals surface area contributed by atoms with E-state index in [1.54, 1.807) is 31.2 Å². The third-order valence-electron chi connectivity index (χ3n) is 7.17. The minimum absolute atomic E-state index is 0.0208. The number of carbonyl (C=O) groups is 5. The van der Waals surface area contributed by atoms with Gasteiger partial charge in [0.15, 0.2) is 0 Å². The second-order valence-electron chi connectivity index (χ2n) is 9.94. The third-order valence-corrected chi connectivity index (χ3v) is 7.17. The van der Waals surface area contributed by atoms with Crippen LogP contribution in [0.25, 0.3) is 0 Å². The van der Waals surface area contributed by atoms with Crippen molar-refractivity contribution in [3.63, 3.8) is 0 Å². The highest BCUT2D eigenvalue weighted by molar-refractivity contribution is 6.02. The van der Waals surface area contributed by atoms with Gasteiger partial charge in [-0.2, -0.15) is 0 Å². The number of likely N-dealkylation sites (tertiary alicyclic amines) is 2. The Hall–Kier alpha value is -4.25. The van der Waals surface area contributed by atoms with Gasteiger partial charge >= 0.3 is 6.09 Å². The largest absolute Gasteiger partial charge is 0.444 e. The van der Waals surface area contributed by atoms with Gasteiger partial charge in [-0.25, -0.2) is 9.69 Å². The summed E-state index contributed by atoms with van der Waals surface area (Å²) in [7, 11) is 0. The number of nitrogens with one attached hydrogen (secondary N) is 1. The zero-order chi connectivity index (χ0) is 28.6. The maximum absolute atomic E-state index is 13.7. The highest BCUT2D eigenvalue weighted by Gasteiger charge is 2.44. The Labute approximate surface area is 232 Å². The van der Waals surface area contributed by atoms with Gasteiger partial charge in [0.25, 0.3) is 0 Å². The van der Waals surface area contributed by atoms with Crippen LogP contribution in [0.1, 0.15) is 43.7 Å². The fourth-order valence-electron chi connectivity index (χ4n) is 4.98. The standard InChI is InChI=1S/C29H34N4O7/c1-19(39-17-20-9-4-2-5-10-20)25(28(37)32-16-8-13-22(32)26(30)35)31-27(36)23-14-15-24(34)33(23)29(38)40-18-21-11-6-3-7-12-21/h2-7,9-12,19,22-23,25H,8,13-18H2,1H3,(H2,30,35)(H,31,36)/t19-,22+,23+,25+/m1/s1. The highest BCUT2D eigenvalue weighted by Crippen LogP contribution is 2.23. The number of carbonyl (C=O) groups excluding carboxylic acids is 5. The van der Waals surface area contributed by atoms with Crippen LogP contribution in [-0.2, 0) is 41.9 Å². The van der Waals surface area contributed by atoms with E-state index in [2.05, 4.69) is 5.32 Å². The van der Waals surface area contributed by atoms with Crippen molar-refractivity contribution in [2.75, 3.05) is 6.54 Å². The summed E-state index contributed by atoms with van der Waals surface area (Å²) in [4.78, 5) is 66.7. The number of imide groups is 1. The molecular weight excluding hydrogens is 516 g/mol. The minimum Gasteiger partial charge on any atom is -0.444 e. The molecule has 2 aliphatic rings. The van der Waals surface area contributed by atoms with E-state index in [1.165, 1.54) is 4.90 Å².